The first-order chi connectivity index (χ1) is 10.1. The first-order valence-electron chi connectivity index (χ1n) is 8.59. The summed E-state index contributed by atoms with van der Waals surface area (Å²) in [6, 6.07) is 3.25. The Hall–Kier alpha value is -0.870. The second kappa shape index (κ2) is 7.95. The fourth-order valence-corrected chi connectivity index (χ4v) is 2.97. The highest BCUT2D eigenvalue weighted by atomic mass is 15.3. The molecule has 4 heteroatoms. The van der Waals surface area contributed by atoms with Crippen LogP contribution in [0.15, 0.2) is 12.3 Å². The predicted molar refractivity (Wildman–Crippen MR) is 88.4 cm³/mol. The van der Waals surface area contributed by atoms with Crippen LogP contribution in [0.5, 0.6) is 0 Å². The molecule has 2 rings (SSSR count). The number of nitrogens with zero attached hydrogens (tertiary/aromatic N) is 3. The molecule has 21 heavy (non-hydrogen) atoms. The summed E-state index contributed by atoms with van der Waals surface area (Å²) >= 11 is 0. The van der Waals surface area contributed by atoms with Crippen molar-refractivity contribution in [1.82, 2.24) is 20.0 Å². The number of nitrogens with one attached hydrogen (secondary N) is 1. The van der Waals surface area contributed by atoms with Crippen LogP contribution in [0.1, 0.15) is 58.7 Å². The summed E-state index contributed by atoms with van der Waals surface area (Å²) < 4.78 is 2.11. The highest BCUT2D eigenvalue weighted by molar-refractivity contribution is 5.00. The SMILES string of the molecule is CCC(C)n1ccc(CN(CC2CCCNC2)C(C)C)n1. The molecule has 0 bridgehead atoms. The summed E-state index contributed by atoms with van der Waals surface area (Å²) in [5.74, 6) is 0.790. The quantitative estimate of drug-likeness (QED) is 0.838. The Kier molecular flexibility index (Phi) is 6.24. The van der Waals surface area contributed by atoms with Crippen LogP contribution < -0.4 is 5.32 Å². The molecule has 0 spiro atoms. The van der Waals surface area contributed by atoms with Crippen molar-refractivity contribution in [2.75, 3.05) is 19.6 Å². The van der Waals surface area contributed by atoms with Crippen molar-refractivity contribution in [2.24, 2.45) is 5.92 Å². The Morgan fingerprint density at radius 1 is 1.43 bits per heavy atom. The molecule has 0 radical (unpaired) electrons. The average Bonchev–Trinajstić information content (AvgIpc) is 2.95. The molecule has 1 aliphatic rings. The van der Waals surface area contributed by atoms with Gasteiger partial charge in [-0.25, -0.2) is 0 Å². The van der Waals surface area contributed by atoms with E-state index in [1.54, 1.807) is 0 Å². The van der Waals surface area contributed by atoms with Crippen LogP contribution in [0.4, 0.5) is 0 Å². The smallest absolute Gasteiger partial charge is 0.0764 e. The van der Waals surface area contributed by atoms with Gasteiger partial charge in [0.1, 0.15) is 0 Å². The maximum atomic E-state index is 4.76. The molecule has 1 N–H and O–H groups in total. The average molecular weight is 292 g/mol. The van der Waals surface area contributed by atoms with Crippen LogP contribution in [0.2, 0.25) is 0 Å². The molecule has 1 aromatic heterocycles. The molecular weight excluding hydrogens is 260 g/mol. The molecule has 1 aliphatic heterocycles. The van der Waals surface area contributed by atoms with Gasteiger partial charge in [-0.05, 0) is 65.1 Å². The molecule has 0 saturated carbocycles. The predicted octanol–water partition coefficient (Wildman–Crippen LogP) is 3.06. The van der Waals surface area contributed by atoms with Crippen molar-refractivity contribution in [2.45, 2.75) is 65.6 Å². The van der Waals surface area contributed by atoms with Crippen molar-refractivity contribution < 1.29 is 0 Å². The lowest BCUT2D eigenvalue weighted by Gasteiger charge is -2.32. The van der Waals surface area contributed by atoms with Gasteiger partial charge >= 0.3 is 0 Å². The lowest BCUT2D eigenvalue weighted by atomic mass is 9.98. The second-order valence-electron chi connectivity index (χ2n) is 6.78. The van der Waals surface area contributed by atoms with Crippen LogP contribution in [-0.2, 0) is 6.54 Å². The number of rotatable bonds is 7. The van der Waals surface area contributed by atoms with E-state index >= 15 is 0 Å². The highest BCUT2D eigenvalue weighted by Gasteiger charge is 2.20. The minimum absolute atomic E-state index is 0.494. The topological polar surface area (TPSA) is 33.1 Å². The largest absolute Gasteiger partial charge is 0.316 e. The van der Waals surface area contributed by atoms with Gasteiger partial charge in [0.15, 0.2) is 0 Å². The summed E-state index contributed by atoms with van der Waals surface area (Å²) in [4.78, 5) is 2.57. The fourth-order valence-electron chi connectivity index (χ4n) is 2.97. The van der Waals surface area contributed by atoms with Gasteiger partial charge in [-0.3, -0.25) is 9.58 Å². The number of aromatic nitrogens is 2. The molecule has 1 aromatic rings. The fraction of sp³-hybridized carbons (Fsp3) is 0.824. The first-order valence-corrected chi connectivity index (χ1v) is 8.59. The van der Waals surface area contributed by atoms with Crippen molar-refractivity contribution in [1.29, 1.82) is 0 Å². The molecule has 0 aromatic carbocycles. The normalized spacial score (nSPS) is 21.1. The van der Waals surface area contributed by atoms with E-state index in [2.05, 4.69) is 54.9 Å². The van der Waals surface area contributed by atoms with Gasteiger partial charge < -0.3 is 5.32 Å². The van der Waals surface area contributed by atoms with Gasteiger partial charge in [0, 0.05) is 31.4 Å². The maximum Gasteiger partial charge on any atom is 0.0764 e. The van der Waals surface area contributed by atoms with Crippen molar-refractivity contribution in [3.63, 3.8) is 0 Å². The maximum absolute atomic E-state index is 4.76. The first kappa shape index (κ1) is 16.5. The number of piperidine rings is 1. The molecule has 120 valence electrons. The van der Waals surface area contributed by atoms with E-state index in [-0.39, 0.29) is 0 Å². The van der Waals surface area contributed by atoms with Gasteiger partial charge in [-0.15, -0.1) is 0 Å². The van der Waals surface area contributed by atoms with E-state index in [1.807, 2.05) is 0 Å². The lowest BCUT2D eigenvalue weighted by Crippen LogP contribution is -2.40. The highest BCUT2D eigenvalue weighted by Crippen LogP contribution is 2.16. The Labute approximate surface area is 129 Å². The summed E-state index contributed by atoms with van der Waals surface area (Å²) in [7, 11) is 0. The molecule has 2 atom stereocenters. The minimum atomic E-state index is 0.494. The summed E-state index contributed by atoms with van der Waals surface area (Å²) in [6.07, 6.45) is 5.93. The second-order valence-corrected chi connectivity index (χ2v) is 6.78. The van der Waals surface area contributed by atoms with E-state index in [9.17, 15) is 0 Å². The Morgan fingerprint density at radius 2 is 2.24 bits per heavy atom. The van der Waals surface area contributed by atoms with Crippen LogP contribution in [0, 0.1) is 5.92 Å². The van der Waals surface area contributed by atoms with E-state index in [0.29, 0.717) is 12.1 Å². The monoisotopic (exact) mass is 292 g/mol. The third-order valence-electron chi connectivity index (χ3n) is 4.69. The summed E-state index contributed by atoms with van der Waals surface area (Å²) in [5, 5.41) is 8.28. The zero-order chi connectivity index (χ0) is 15.2. The molecule has 2 heterocycles. The summed E-state index contributed by atoms with van der Waals surface area (Å²) in [5.41, 5.74) is 1.20. The van der Waals surface area contributed by atoms with E-state index in [1.165, 1.54) is 38.2 Å². The molecule has 1 fully saturated rings. The van der Waals surface area contributed by atoms with Crippen LogP contribution in [-0.4, -0.2) is 40.4 Å². The molecular formula is C17H32N4. The molecule has 1 saturated heterocycles. The number of hydrogen-bond donors (Lipinski definition) is 1. The molecule has 4 nitrogen and oxygen atoms in total. The number of hydrogen-bond acceptors (Lipinski definition) is 3. The lowest BCUT2D eigenvalue weighted by molar-refractivity contribution is 0.161. The van der Waals surface area contributed by atoms with Crippen molar-refractivity contribution in [3.05, 3.63) is 18.0 Å². The van der Waals surface area contributed by atoms with Gasteiger partial charge in [0.2, 0.25) is 0 Å². The van der Waals surface area contributed by atoms with Crippen LogP contribution in [0.25, 0.3) is 0 Å². The van der Waals surface area contributed by atoms with E-state index < -0.39 is 0 Å². The Balaban J connectivity index is 1.93. The van der Waals surface area contributed by atoms with Gasteiger partial charge in [0.05, 0.1) is 5.69 Å². The zero-order valence-corrected chi connectivity index (χ0v) is 14.2. The summed E-state index contributed by atoms with van der Waals surface area (Å²) in [6.45, 7) is 13.5. The standard InChI is InChI=1S/C17H32N4/c1-5-15(4)21-10-8-17(19-21)13-20(14(2)3)12-16-7-6-9-18-11-16/h8,10,14-16,18H,5-7,9,11-13H2,1-4H3. The van der Waals surface area contributed by atoms with Crippen LogP contribution >= 0.6 is 0 Å². The van der Waals surface area contributed by atoms with Crippen molar-refractivity contribution in [3.8, 4) is 0 Å². The van der Waals surface area contributed by atoms with Crippen molar-refractivity contribution >= 4 is 0 Å². The zero-order valence-electron chi connectivity index (χ0n) is 14.2. The third-order valence-corrected chi connectivity index (χ3v) is 4.69. The minimum Gasteiger partial charge on any atom is -0.316 e. The Bertz CT molecular complexity index is 407. The third kappa shape index (κ3) is 4.82. The molecule has 0 amide bonds. The van der Waals surface area contributed by atoms with Gasteiger partial charge in [0.25, 0.3) is 0 Å². The Morgan fingerprint density at radius 3 is 2.86 bits per heavy atom. The van der Waals surface area contributed by atoms with E-state index in [4.69, 9.17) is 5.10 Å². The van der Waals surface area contributed by atoms with Gasteiger partial charge in [-0.2, -0.15) is 5.10 Å². The van der Waals surface area contributed by atoms with E-state index in [0.717, 1.165) is 18.9 Å². The van der Waals surface area contributed by atoms with Crippen LogP contribution in [0.3, 0.4) is 0 Å². The molecule has 0 aliphatic carbocycles. The molecule has 2 unspecified atom stereocenters. The van der Waals surface area contributed by atoms with Gasteiger partial charge in [-0.1, -0.05) is 6.92 Å².